The SMILES string of the molecule is Cc1cccc(N)c1NC(=O)CN(C)CC1CCCCO1. The molecule has 1 heterocycles. The number of nitrogens with two attached hydrogens (primary N) is 1. The average Bonchev–Trinajstić information content (AvgIpc) is 2.44. The molecule has 2 rings (SSSR count). The van der Waals surface area contributed by atoms with Gasteiger partial charge < -0.3 is 15.8 Å². The molecule has 5 nitrogen and oxygen atoms in total. The molecule has 1 amide bonds. The Kier molecular flexibility index (Phi) is 5.59. The van der Waals surface area contributed by atoms with Crippen LogP contribution < -0.4 is 11.1 Å². The van der Waals surface area contributed by atoms with Crippen molar-refractivity contribution in [2.75, 3.05) is 37.8 Å². The summed E-state index contributed by atoms with van der Waals surface area (Å²) in [6.07, 6.45) is 3.69. The number of nitrogens with zero attached hydrogens (tertiary/aromatic N) is 1. The number of hydrogen-bond acceptors (Lipinski definition) is 4. The molecule has 0 saturated carbocycles. The zero-order valence-electron chi connectivity index (χ0n) is 12.9. The second-order valence-electron chi connectivity index (χ2n) is 5.77. The summed E-state index contributed by atoms with van der Waals surface area (Å²) in [5, 5.41) is 2.90. The molecule has 1 aromatic rings. The first-order valence-corrected chi connectivity index (χ1v) is 7.51. The molecule has 1 aliphatic rings. The molecule has 0 bridgehead atoms. The molecule has 1 aromatic carbocycles. The van der Waals surface area contributed by atoms with E-state index in [9.17, 15) is 4.79 Å². The maximum absolute atomic E-state index is 12.1. The quantitative estimate of drug-likeness (QED) is 0.814. The van der Waals surface area contributed by atoms with Crippen LogP contribution in [0.1, 0.15) is 24.8 Å². The van der Waals surface area contributed by atoms with Gasteiger partial charge in [-0.1, -0.05) is 12.1 Å². The minimum Gasteiger partial charge on any atom is -0.397 e. The second-order valence-corrected chi connectivity index (χ2v) is 5.77. The van der Waals surface area contributed by atoms with Crippen molar-refractivity contribution in [3.8, 4) is 0 Å². The molecule has 1 fully saturated rings. The van der Waals surface area contributed by atoms with Gasteiger partial charge in [-0.25, -0.2) is 0 Å². The number of nitrogen functional groups attached to an aromatic ring is 1. The van der Waals surface area contributed by atoms with E-state index in [0.717, 1.165) is 31.6 Å². The van der Waals surface area contributed by atoms with Crippen molar-refractivity contribution in [2.24, 2.45) is 0 Å². The Morgan fingerprint density at radius 3 is 2.95 bits per heavy atom. The average molecular weight is 291 g/mol. The molecule has 0 aliphatic carbocycles. The number of hydrogen-bond donors (Lipinski definition) is 2. The van der Waals surface area contributed by atoms with Gasteiger partial charge in [0, 0.05) is 13.2 Å². The van der Waals surface area contributed by atoms with Crippen molar-refractivity contribution in [1.82, 2.24) is 4.90 Å². The molecular weight excluding hydrogens is 266 g/mol. The monoisotopic (exact) mass is 291 g/mol. The van der Waals surface area contributed by atoms with Crippen molar-refractivity contribution < 1.29 is 9.53 Å². The number of rotatable bonds is 5. The Hall–Kier alpha value is -1.59. The first kappa shape index (κ1) is 15.8. The lowest BCUT2D eigenvalue weighted by Crippen LogP contribution is -2.38. The molecule has 1 atom stereocenters. The molecule has 0 spiro atoms. The van der Waals surface area contributed by atoms with Gasteiger partial charge >= 0.3 is 0 Å². The Labute approximate surface area is 126 Å². The van der Waals surface area contributed by atoms with Crippen molar-refractivity contribution in [3.05, 3.63) is 23.8 Å². The second kappa shape index (κ2) is 7.43. The van der Waals surface area contributed by atoms with Gasteiger partial charge in [0.05, 0.1) is 24.0 Å². The van der Waals surface area contributed by atoms with Gasteiger partial charge in [0.15, 0.2) is 0 Å². The van der Waals surface area contributed by atoms with Crippen LogP contribution in [0.2, 0.25) is 0 Å². The molecule has 21 heavy (non-hydrogen) atoms. The van der Waals surface area contributed by atoms with Crippen LogP contribution in [0.15, 0.2) is 18.2 Å². The standard InChI is InChI=1S/C16H25N3O2/c1-12-6-5-8-14(17)16(12)18-15(20)11-19(2)10-13-7-3-4-9-21-13/h5-6,8,13H,3-4,7,9-11,17H2,1-2H3,(H,18,20). The summed E-state index contributed by atoms with van der Waals surface area (Å²) in [6.45, 7) is 3.90. The number of aryl methyl sites for hydroxylation is 1. The maximum atomic E-state index is 12.1. The third-order valence-electron chi connectivity index (χ3n) is 3.77. The van der Waals surface area contributed by atoms with E-state index in [1.54, 1.807) is 6.07 Å². The van der Waals surface area contributed by atoms with E-state index in [2.05, 4.69) is 5.32 Å². The lowest BCUT2D eigenvalue weighted by atomic mass is 10.1. The number of likely N-dealkylation sites (N-methyl/N-ethyl adjacent to an activating group) is 1. The van der Waals surface area contributed by atoms with Crippen LogP contribution in [0, 0.1) is 6.92 Å². The highest BCUT2D eigenvalue weighted by molar-refractivity contribution is 5.96. The molecular formula is C16H25N3O2. The van der Waals surface area contributed by atoms with Crippen molar-refractivity contribution in [1.29, 1.82) is 0 Å². The van der Waals surface area contributed by atoms with E-state index in [1.165, 1.54) is 6.42 Å². The predicted molar refractivity (Wildman–Crippen MR) is 85.3 cm³/mol. The summed E-state index contributed by atoms with van der Waals surface area (Å²) in [5.41, 5.74) is 8.19. The largest absolute Gasteiger partial charge is 0.397 e. The van der Waals surface area contributed by atoms with Gasteiger partial charge in [0.1, 0.15) is 0 Å². The summed E-state index contributed by atoms with van der Waals surface area (Å²) in [4.78, 5) is 14.1. The van der Waals surface area contributed by atoms with E-state index in [-0.39, 0.29) is 12.0 Å². The zero-order chi connectivity index (χ0) is 15.2. The highest BCUT2D eigenvalue weighted by atomic mass is 16.5. The van der Waals surface area contributed by atoms with Crippen LogP contribution in [0.3, 0.4) is 0 Å². The number of amides is 1. The highest BCUT2D eigenvalue weighted by Gasteiger charge is 2.17. The fourth-order valence-electron chi connectivity index (χ4n) is 2.65. The minimum atomic E-state index is -0.0469. The maximum Gasteiger partial charge on any atom is 0.238 e. The van der Waals surface area contributed by atoms with Crippen LogP contribution in [0.4, 0.5) is 11.4 Å². The Bertz CT molecular complexity index is 464. The third kappa shape index (κ3) is 4.72. The molecule has 0 radical (unpaired) electrons. The first-order valence-electron chi connectivity index (χ1n) is 7.51. The highest BCUT2D eigenvalue weighted by Crippen LogP contribution is 2.22. The molecule has 3 N–H and O–H groups in total. The van der Waals surface area contributed by atoms with Gasteiger partial charge in [0.25, 0.3) is 0 Å². The van der Waals surface area contributed by atoms with Gasteiger partial charge in [-0.2, -0.15) is 0 Å². The van der Waals surface area contributed by atoms with Crippen molar-refractivity contribution in [3.63, 3.8) is 0 Å². The fraction of sp³-hybridized carbons (Fsp3) is 0.562. The van der Waals surface area contributed by atoms with E-state index in [0.29, 0.717) is 17.9 Å². The molecule has 5 heteroatoms. The molecule has 116 valence electrons. The fourth-order valence-corrected chi connectivity index (χ4v) is 2.65. The number of nitrogens with one attached hydrogen (secondary N) is 1. The number of carbonyl (C=O) groups excluding carboxylic acids is 1. The lowest BCUT2D eigenvalue weighted by Gasteiger charge is -2.27. The van der Waals surface area contributed by atoms with E-state index in [4.69, 9.17) is 10.5 Å². The lowest BCUT2D eigenvalue weighted by molar-refractivity contribution is -0.117. The summed E-state index contributed by atoms with van der Waals surface area (Å²) in [5.74, 6) is -0.0469. The van der Waals surface area contributed by atoms with Gasteiger partial charge in [-0.05, 0) is 44.9 Å². The number of carbonyl (C=O) groups is 1. The van der Waals surface area contributed by atoms with Gasteiger partial charge in [-0.3, -0.25) is 9.69 Å². The molecule has 1 unspecified atom stereocenters. The van der Waals surface area contributed by atoms with Crippen LogP contribution in [-0.2, 0) is 9.53 Å². The summed E-state index contributed by atoms with van der Waals surface area (Å²) in [6, 6.07) is 5.61. The topological polar surface area (TPSA) is 67.6 Å². The minimum absolute atomic E-state index is 0.0469. The van der Waals surface area contributed by atoms with Crippen molar-refractivity contribution in [2.45, 2.75) is 32.3 Å². The number of benzene rings is 1. The number of anilines is 2. The summed E-state index contributed by atoms with van der Waals surface area (Å²) < 4.78 is 5.69. The molecule has 1 saturated heterocycles. The molecule has 1 aliphatic heterocycles. The number of para-hydroxylation sites is 1. The van der Waals surface area contributed by atoms with Crippen LogP contribution in [0.25, 0.3) is 0 Å². The number of ether oxygens (including phenoxy) is 1. The normalized spacial score (nSPS) is 18.7. The van der Waals surface area contributed by atoms with E-state index in [1.807, 2.05) is 31.0 Å². The summed E-state index contributed by atoms with van der Waals surface area (Å²) in [7, 11) is 1.94. The van der Waals surface area contributed by atoms with E-state index >= 15 is 0 Å². The third-order valence-corrected chi connectivity index (χ3v) is 3.77. The predicted octanol–water partition coefficient (Wildman–Crippen LogP) is 2.02. The Morgan fingerprint density at radius 1 is 1.48 bits per heavy atom. The van der Waals surface area contributed by atoms with Crippen LogP contribution in [-0.4, -0.2) is 43.7 Å². The van der Waals surface area contributed by atoms with Gasteiger partial charge in [0.2, 0.25) is 5.91 Å². The summed E-state index contributed by atoms with van der Waals surface area (Å²) >= 11 is 0. The smallest absolute Gasteiger partial charge is 0.238 e. The van der Waals surface area contributed by atoms with Crippen LogP contribution >= 0.6 is 0 Å². The Balaban J connectivity index is 1.83. The van der Waals surface area contributed by atoms with Crippen LogP contribution in [0.5, 0.6) is 0 Å². The van der Waals surface area contributed by atoms with E-state index < -0.39 is 0 Å². The Morgan fingerprint density at radius 2 is 2.29 bits per heavy atom. The molecule has 0 aromatic heterocycles. The zero-order valence-corrected chi connectivity index (χ0v) is 12.9. The first-order chi connectivity index (χ1) is 10.1. The van der Waals surface area contributed by atoms with Gasteiger partial charge in [-0.15, -0.1) is 0 Å². The van der Waals surface area contributed by atoms with Crippen molar-refractivity contribution >= 4 is 17.3 Å².